The Morgan fingerprint density at radius 2 is 1.95 bits per heavy atom. The van der Waals surface area contributed by atoms with E-state index in [2.05, 4.69) is 4.98 Å². The number of aryl methyl sites for hydroxylation is 1. The van der Waals surface area contributed by atoms with Gasteiger partial charge in [-0.1, -0.05) is 23.7 Å². The molecule has 0 saturated heterocycles. The first kappa shape index (κ1) is 15.1. The smallest absolute Gasteiger partial charge is 0.279 e. The summed E-state index contributed by atoms with van der Waals surface area (Å²) in [7, 11) is 0. The molecule has 0 aliphatic carbocycles. The minimum absolute atomic E-state index is 0.265. The third-order valence-electron chi connectivity index (χ3n) is 2.79. The predicted octanol–water partition coefficient (Wildman–Crippen LogP) is 3.29. The van der Waals surface area contributed by atoms with Crippen LogP contribution in [0.3, 0.4) is 0 Å². The van der Waals surface area contributed by atoms with Gasteiger partial charge in [-0.2, -0.15) is 0 Å². The number of nitrogens with zero attached hydrogens (tertiary/aromatic N) is 1. The maximum absolute atomic E-state index is 6.97. The van der Waals surface area contributed by atoms with Crippen molar-refractivity contribution in [3.8, 4) is 11.6 Å². The highest BCUT2D eigenvalue weighted by atomic mass is 35.5. The van der Waals surface area contributed by atoms with E-state index in [0.717, 1.165) is 11.3 Å². The minimum Gasteiger partial charge on any atom is -0.465 e. The zero-order valence-corrected chi connectivity index (χ0v) is 12.4. The third kappa shape index (κ3) is 4.65. The molecule has 1 heterocycles. The molecule has 2 rings (SSSR count). The highest BCUT2D eigenvalue weighted by Crippen LogP contribution is 2.23. The van der Waals surface area contributed by atoms with Crippen LogP contribution in [0, 0.1) is 12.3 Å². The highest BCUT2D eigenvalue weighted by molar-refractivity contribution is 6.31. The van der Waals surface area contributed by atoms with Crippen LogP contribution in [-0.4, -0.2) is 17.6 Å². The fourth-order valence-corrected chi connectivity index (χ4v) is 1.81. The number of hydrogen-bond donors (Lipinski definition) is 2. The van der Waals surface area contributed by atoms with Gasteiger partial charge in [0.25, 0.3) is 6.02 Å². The van der Waals surface area contributed by atoms with Gasteiger partial charge in [0.1, 0.15) is 5.75 Å². The maximum Gasteiger partial charge on any atom is 0.279 e. The summed E-state index contributed by atoms with van der Waals surface area (Å²) in [5, 5.41) is 7.58. The minimum atomic E-state index is -0.265. The van der Waals surface area contributed by atoms with Crippen molar-refractivity contribution in [2.24, 2.45) is 5.73 Å². The topological polar surface area (TPSA) is 81.2 Å². The van der Waals surface area contributed by atoms with Crippen LogP contribution >= 0.6 is 11.6 Å². The van der Waals surface area contributed by atoms with Gasteiger partial charge in [0, 0.05) is 12.5 Å². The van der Waals surface area contributed by atoms with Crippen molar-refractivity contribution in [1.29, 1.82) is 5.41 Å². The number of amidine groups is 1. The Morgan fingerprint density at radius 3 is 2.57 bits per heavy atom. The van der Waals surface area contributed by atoms with Crippen LogP contribution < -0.4 is 10.5 Å². The molecule has 5 nitrogen and oxygen atoms in total. The third-order valence-corrected chi connectivity index (χ3v) is 3.19. The van der Waals surface area contributed by atoms with E-state index in [-0.39, 0.29) is 6.02 Å². The van der Waals surface area contributed by atoms with Gasteiger partial charge in [-0.15, -0.1) is 0 Å². The summed E-state index contributed by atoms with van der Waals surface area (Å²) in [6.45, 7) is 2.21. The van der Waals surface area contributed by atoms with Gasteiger partial charge in [-0.05, 0) is 30.7 Å². The van der Waals surface area contributed by atoms with Gasteiger partial charge in [0.2, 0.25) is 5.88 Å². The number of rotatable bonds is 5. The second-order valence-electron chi connectivity index (χ2n) is 4.43. The van der Waals surface area contributed by atoms with E-state index in [1.54, 1.807) is 12.1 Å². The van der Waals surface area contributed by atoms with Crippen LogP contribution in [0.25, 0.3) is 0 Å². The molecule has 0 aliphatic heterocycles. The molecule has 3 N–H and O–H groups in total. The van der Waals surface area contributed by atoms with Gasteiger partial charge < -0.3 is 15.2 Å². The van der Waals surface area contributed by atoms with Crippen LogP contribution in [0.5, 0.6) is 11.6 Å². The van der Waals surface area contributed by atoms with Crippen LogP contribution in [0.1, 0.15) is 11.3 Å². The number of nitrogens with two attached hydrogens (primary N) is 1. The second kappa shape index (κ2) is 6.95. The van der Waals surface area contributed by atoms with E-state index in [1.165, 1.54) is 0 Å². The Labute approximate surface area is 128 Å². The van der Waals surface area contributed by atoms with E-state index < -0.39 is 0 Å². The lowest BCUT2D eigenvalue weighted by Gasteiger charge is -2.07. The summed E-state index contributed by atoms with van der Waals surface area (Å²) >= 11 is 5.92. The van der Waals surface area contributed by atoms with Crippen LogP contribution in [0.15, 0.2) is 36.4 Å². The molecule has 0 saturated carbocycles. The van der Waals surface area contributed by atoms with E-state index >= 15 is 0 Å². The van der Waals surface area contributed by atoms with Gasteiger partial charge in [0.15, 0.2) is 0 Å². The van der Waals surface area contributed by atoms with Crippen molar-refractivity contribution in [2.75, 3.05) is 6.61 Å². The maximum atomic E-state index is 6.97. The van der Waals surface area contributed by atoms with Crippen molar-refractivity contribution >= 4 is 17.6 Å². The van der Waals surface area contributed by atoms with Crippen molar-refractivity contribution in [3.63, 3.8) is 0 Å². The molecule has 0 fully saturated rings. The zero-order valence-electron chi connectivity index (χ0n) is 11.6. The summed E-state index contributed by atoms with van der Waals surface area (Å²) in [5.74, 6) is 1.20. The molecule has 0 aliphatic rings. The number of pyridine rings is 1. The molecule has 0 unspecified atom stereocenters. The largest absolute Gasteiger partial charge is 0.465 e. The van der Waals surface area contributed by atoms with Crippen molar-refractivity contribution in [2.45, 2.75) is 13.3 Å². The molecule has 21 heavy (non-hydrogen) atoms. The summed E-state index contributed by atoms with van der Waals surface area (Å²) < 4.78 is 10.6. The number of benzene rings is 1. The van der Waals surface area contributed by atoms with Crippen LogP contribution in [0.4, 0.5) is 0 Å². The molecule has 6 heteroatoms. The number of aromatic nitrogens is 1. The Bertz CT molecular complexity index is 629. The fourth-order valence-electron chi connectivity index (χ4n) is 1.70. The van der Waals surface area contributed by atoms with E-state index in [9.17, 15) is 0 Å². The molecule has 1 aromatic heterocycles. The quantitative estimate of drug-likeness (QED) is 0.656. The summed E-state index contributed by atoms with van der Waals surface area (Å²) in [4.78, 5) is 4.25. The van der Waals surface area contributed by atoms with Crippen LogP contribution in [0.2, 0.25) is 5.02 Å². The highest BCUT2D eigenvalue weighted by Gasteiger charge is 2.02. The summed E-state index contributed by atoms with van der Waals surface area (Å²) in [6.07, 6.45) is 0.679. The number of hydrogen-bond acceptors (Lipinski definition) is 4. The SMILES string of the molecule is Cc1nc(Oc2ccc(CCOC(=N)N)cc2)ccc1Cl. The predicted molar refractivity (Wildman–Crippen MR) is 82.1 cm³/mol. The summed E-state index contributed by atoms with van der Waals surface area (Å²) in [6, 6.07) is 10.8. The normalized spacial score (nSPS) is 10.2. The molecule has 1 aromatic carbocycles. The molecule has 0 atom stereocenters. The lowest BCUT2D eigenvalue weighted by atomic mass is 10.1. The van der Waals surface area contributed by atoms with E-state index in [0.29, 0.717) is 29.7 Å². The van der Waals surface area contributed by atoms with Gasteiger partial charge in [0.05, 0.1) is 17.3 Å². The van der Waals surface area contributed by atoms with Gasteiger partial charge in [-0.3, -0.25) is 5.41 Å². The number of nitrogens with one attached hydrogen (secondary N) is 1. The van der Waals surface area contributed by atoms with E-state index in [4.69, 9.17) is 32.2 Å². The average molecular weight is 306 g/mol. The lowest BCUT2D eigenvalue weighted by molar-refractivity contribution is 0.301. The molecule has 0 amide bonds. The molecular weight excluding hydrogens is 290 g/mol. The fraction of sp³-hybridized carbons (Fsp3) is 0.200. The van der Waals surface area contributed by atoms with Crippen molar-refractivity contribution in [1.82, 2.24) is 4.98 Å². The molecule has 2 aromatic rings. The first-order valence-electron chi connectivity index (χ1n) is 6.41. The van der Waals surface area contributed by atoms with Crippen LogP contribution in [-0.2, 0) is 11.2 Å². The first-order valence-corrected chi connectivity index (χ1v) is 6.79. The van der Waals surface area contributed by atoms with E-state index in [1.807, 2.05) is 31.2 Å². The molecule has 110 valence electrons. The molecule has 0 bridgehead atoms. The Morgan fingerprint density at radius 1 is 1.24 bits per heavy atom. The Balaban J connectivity index is 1.95. The first-order chi connectivity index (χ1) is 10.0. The van der Waals surface area contributed by atoms with Gasteiger partial charge in [-0.25, -0.2) is 4.98 Å². The van der Waals surface area contributed by atoms with Crippen molar-refractivity contribution < 1.29 is 9.47 Å². The van der Waals surface area contributed by atoms with Gasteiger partial charge >= 0.3 is 0 Å². The Kier molecular flexibility index (Phi) is 5.00. The zero-order chi connectivity index (χ0) is 15.2. The standard InChI is InChI=1S/C15H16ClN3O2/c1-10-13(16)6-7-14(19-10)21-12-4-2-11(3-5-12)8-9-20-15(17)18/h2-7H,8-9H2,1H3,(H3,17,18). The number of ether oxygens (including phenoxy) is 2. The Hall–Kier alpha value is -2.27. The molecular formula is C15H16ClN3O2. The van der Waals surface area contributed by atoms with Crippen molar-refractivity contribution in [3.05, 3.63) is 52.7 Å². The summed E-state index contributed by atoms with van der Waals surface area (Å²) in [5.41, 5.74) is 6.92. The molecule has 0 spiro atoms. The average Bonchev–Trinajstić information content (AvgIpc) is 2.44. The lowest BCUT2D eigenvalue weighted by Crippen LogP contribution is -2.15. The second-order valence-corrected chi connectivity index (χ2v) is 4.83. The monoisotopic (exact) mass is 305 g/mol. The number of halogens is 1. The molecule has 0 radical (unpaired) electrons.